The minimum atomic E-state index is 0.0611. The van der Waals surface area contributed by atoms with E-state index >= 15 is 0 Å². The second kappa shape index (κ2) is 6.75. The van der Waals surface area contributed by atoms with Crippen LogP contribution < -0.4 is 5.56 Å². The first-order valence-electron chi connectivity index (χ1n) is 8.98. The molecular weight excluding hydrogens is 322 g/mol. The Hall–Kier alpha value is -2.94. The van der Waals surface area contributed by atoms with Crippen LogP contribution in [0.2, 0.25) is 0 Å². The minimum Gasteiger partial charge on any atom is -0.311 e. The lowest BCUT2D eigenvalue weighted by Crippen LogP contribution is -2.28. The molecule has 2 aromatic carbocycles. The number of carbonyl (C=O) groups is 1. The zero-order valence-electron chi connectivity index (χ0n) is 14.8. The number of pyridine rings is 1. The number of nitrogens with zero attached hydrogens (tertiary/aromatic N) is 1. The van der Waals surface area contributed by atoms with Crippen molar-refractivity contribution in [2.45, 2.75) is 18.8 Å². The number of aldehydes is 1. The quantitative estimate of drug-likeness (QED) is 0.669. The Labute approximate surface area is 152 Å². The number of aryl methyl sites for hydroxylation is 1. The van der Waals surface area contributed by atoms with E-state index in [1.54, 1.807) is 4.57 Å². The van der Waals surface area contributed by atoms with Crippen LogP contribution in [0.1, 0.15) is 29.0 Å². The Morgan fingerprint density at radius 2 is 1.85 bits per heavy atom. The molecule has 1 aliphatic rings. The molecule has 26 heavy (non-hydrogen) atoms. The van der Waals surface area contributed by atoms with Gasteiger partial charge >= 0.3 is 0 Å². The van der Waals surface area contributed by atoms with E-state index in [9.17, 15) is 9.59 Å². The number of hydrogen-bond donors (Lipinski definition) is 0. The number of rotatable bonds is 4. The van der Waals surface area contributed by atoms with Crippen LogP contribution >= 0.6 is 0 Å². The van der Waals surface area contributed by atoms with Crippen LogP contribution in [0.25, 0.3) is 17.0 Å². The number of carbonyl (C=O) groups excluding carboxylic acids is 1. The molecule has 3 heteroatoms. The average molecular weight is 343 g/mol. The Morgan fingerprint density at radius 1 is 1.12 bits per heavy atom. The van der Waals surface area contributed by atoms with Gasteiger partial charge in [-0.25, -0.2) is 0 Å². The molecule has 4 rings (SSSR count). The number of fused-ring (bicyclic) bond motifs is 3. The van der Waals surface area contributed by atoms with E-state index in [0.29, 0.717) is 12.8 Å². The normalized spacial score (nSPS) is 17.0. The first kappa shape index (κ1) is 16.5. The molecule has 0 aliphatic heterocycles. The van der Waals surface area contributed by atoms with Crippen LogP contribution in [-0.4, -0.2) is 10.9 Å². The van der Waals surface area contributed by atoms with Crippen LogP contribution in [0.15, 0.2) is 65.5 Å². The number of aromatic nitrogens is 1. The lowest BCUT2D eigenvalue weighted by molar-refractivity contribution is -0.108. The van der Waals surface area contributed by atoms with Gasteiger partial charge in [0.15, 0.2) is 0 Å². The van der Waals surface area contributed by atoms with Crippen LogP contribution in [0.4, 0.5) is 0 Å². The lowest BCUT2D eigenvalue weighted by atomic mass is 9.77. The third-order valence-electron chi connectivity index (χ3n) is 5.49. The highest BCUT2D eigenvalue weighted by Gasteiger charge is 2.27. The van der Waals surface area contributed by atoms with Crippen molar-refractivity contribution in [1.29, 1.82) is 0 Å². The van der Waals surface area contributed by atoms with Gasteiger partial charge in [-0.1, -0.05) is 60.7 Å². The molecule has 3 aromatic rings. The fraction of sp³-hybridized carbons (Fsp3) is 0.217. The maximum Gasteiger partial charge on any atom is 0.254 e. The van der Waals surface area contributed by atoms with Gasteiger partial charge in [-0.05, 0) is 35.4 Å². The third kappa shape index (κ3) is 2.70. The highest BCUT2D eigenvalue weighted by molar-refractivity contribution is 5.90. The number of benzene rings is 2. The minimum absolute atomic E-state index is 0.0611. The molecule has 0 spiro atoms. The van der Waals surface area contributed by atoms with Gasteiger partial charge in [0.25, 0.3) is 5.56 Å². The molecule has 0 radical (unpaired) electrons. The van der Waals surface area contributed by atoms with E-state index in [1.807, 2.05) is 43.4 Å². The van der Waals surface area contributed by atoms with Crippen LogP contribution in [0.3, 0.4) is 0 Å². The number of allylic oxidation sites excluding steroid dienone is 1. The Balaban J connectivity index is 1.82. The zero-order valence-corrected chi connectivity index (χ0v) is 14.8. The van der Waals surface area contributed by atoms with Gasteiger partial charge in [0.1, 0.15) is 6.29 Å². The predicted octanol–water partition coefficient (Wildman–Crippen LogP) is 4.10. The fourth-order valence-corrected chi connectivity index (χ4v) is 4.13. The van der Waals surface area contributed by atoms with E-state index < -0.39 is 0 Å². The summed E-state index contributed by atoms with van der Waals surface area (Å²) in [6.45, 7) is 0. The van der Waals surface area contributed by atoms with Crippen molar-refractivity contribution in [3.63, 3.8) is 0 Å². The monoisotopic (exact) mass is 343 g/mol. The lowest BCUT2D eigenvalue weighted by Gasteiger charge is -2.28. The topological polar surface area (TPSA) is 39.1 Å². The predicted molar refractivity (Wildman–Crippen MR) is 105 cm³/mol. The summed E-state index contributed by atoms with van der Waals surface area (Å²) >= 11 is 0. The summed E-state index contributed by atoms with van der Waals surface area (Å²) in [5.41, 5.74) is 4.04. The molecule has 0 saturated carbocycles. The van der Waals surface area contributed by atoms with Gasteiger partial charge in [-0.15, -0.1) is 0 Å². The first-order chi connectivity index (χ1) is 12.7. The van der Waals surface area contributed by atoms with Crippen molar-refractivity contribution in [2.75, 3.05) is 0 Å². The number of para-hydroxylation sites is 1. The van der Waals surface area contributed by atoms with E-state index in [1.165, 1.54) is 0 Å². The van der Waals surface area contributed by atoms with Gasteiger partial charge in [0, 0.05) is 24.4 Å². The zero-order chi connectivity index (χ0) is 18.1. The van der Waals surface area contributed by atoms with E-state index in [-0.39, 0.29) is 17.4 Å². The van der Waals surface area contributed by atoms with E-state index in [2.05, 4.69) is 30.4 Å². The molecule has 0 bridgehead atoms. The molecule has 1 heterocycles. The van der Waals surface area contributed by atoms with Crippen LogP contribution in [-0.2, 0) is 18.3 Å². The molecular formula is C23H21NO2. The third-order valence-corrected chi connectivity index (χ3v) is 5.49. The van der Waals surface area contributed by atoms with Crippen molar-refractivity contribution in [1.82, 2.24) is 4.57 Å². The van der Waals surface area contributed by atoms with Crippen molar-refractivity contribution >= 4 is 23.3 Å². The molecule has 0 amide bonds. The highest BCUT2D eigenvalue weighted by Crippen LogP contribution is 2.36. The first-order valence-corrected chi connectivity index (χ1v) is 8.98. The second-order valence-electron chi connectivity index (χ2n) is 6.92. The largest absolute Gasteiger partial charge is 0.311 e. The van der Waals surface area contributed by atoms with Crippen molar-refractivity contribution < 1.29 is 4.79 Å². The summed E-state index contributed by atoms with van der Waals surface area (Å²) in [6, 6.07) is 18.1. The van der Waals surface area contributed by atoms with Gasteiger partial charge in [-0.2, -0.15) is 0 Å². The summed E-state index contributed by atoms with van der Waals surface area (Å²) < 4.78 is 1.74. The summed E-state index contributed by atoms with van der Waals surface area (Å²) in [6.07, 6.45) is 6.36. The van der Waals surface area contributed by atoms with Crippen molar-refractivity contribution in [2.24, 2.45) is 13.0 Å². The maximum atomic E-state index is 12.9. The number of hydrogen-bond acceptors (Lipinski definition) is 2. The Bertz CT molecular complexity index is 1050. The summed E-state index contributed by atoms with van der Waals surface area (Å²) in [4.78, 5) is 24.2. The fourth-order valence-electron chi connectivity index (χ4n) is 4.13. The molecule has 0 N–H and O–H groups in total. The molecule has 130 valence electrons. The van der Waals surface area contributed by atoms with Crippen molar-refractivity contribution in [3.05, 3.63) is 87.7 Å². The van der Waals surface area contributed by atoms with Crippen LogP contribution in [0.5, 0.6) is 0 Å². The Morgan fingerprint density at radius 3 is 2.62 bits per heavy atom. The van der Waals surface area contributed by atoms with E-state index in [0.717, 1.165) is 33.9 Å². The SMILES string of the molecule is Cn1c(=O)c2c(c3ccccc31)C=C[C@H]([C@H](CC=O)c1ccccc1)C2. The summed E-state index contributed by atoms with van der Waals surface area (Å²) in [7, 11) is 1.83. The molecule has 3 nitrogen and oxygen atoms in total. The van der Waals surface area contributed by atoms with E-state index in [4.69, 9.17) is 0 Å². The van der Waals surface area contributed by atoms with Gasteiger partial charge < -0.3 is 9.36 Å². The average Bonchev–Trinajstić information content (AvgIpc) is 2.70. The molecule has 0 unspecified atom stereocenters. The molecule has 1 aliphatic carbocycles. The summed E-state index contributed by atoms with van der Waals surface area (Å²) in [5.74, 6) is 0.234. The molecule has 2 atom stereocenters. The molecule has 0 saturated heterocycles. The van der Waals surface area contributed by atoms with Gasteiger partial charge in [0.05, 0.1) is 5.52 Å². The van der Waals surface area contributed by atoms with Crippen LogP contribution in [0, 0.1) is 5.92 Å². The second-order valence-corrected chi connectivity index (χ2v) is 6.92. The maximum absolute atomic E-state index is 12.9. The molecule has 0 fully saturated rings. The standard InChI is InChI=1S/C23H21NO2/c1-24-22-10-6-5-9-20(22)19-12-11-17(15-21(19)23(24)26)18(13-14-25)16-7-3-2-4-8-16/h2-12,14,17-18H,13,15H2,1H3/t17-,18+/m0/s1. The molecule has 1 aromatic heterocycles. The van der Waals surface area contributed by atoms with Gasteiger partial charge in [-0.3, -0.25) is 4.79 Å². The Kier molecular flexibility index (Phi) is 4.29. The summed E-state index contributed by atoms with van der Waals surface area (Å²) in [5, 5.41) is 1.10. The highest BCUT2D eigenvalue weighted by atomic mass is 16.1. The smallest absolute Gasteiger partial charge is 0.254 e. The van der Waals surface area contributed by atoms with Gasteiger partial charge in [0.2, 0.25) is 0 Å². The van der Waals surface area contributed by atoms with Crippen molar-refractivity contribution in [3.8, 4) is 0 Å².